The molecule has 3 heterocycles. The summed E-state index contributed by atoms with van der Waals surface area (Å²) in [6.45, 7) is 1.07. The van der Waals surface area contributed by atoms with Crippen LogP contribution in [0.1, 0.15) is 29.2 Å². The second kappa shape index (κ2) is 9.41. The molecule has 2 aromatic heterocycles. The fourth-order valence-electron chi connectivity index (χ4n) is 3.60. The van der Waals surface area contributed by atoms with Crippen molar-refractivity contribution in [1.82, 2.24) is 9.55 Å². The molecule has 4 N–H and O–H groups in total. The van der Waals surface area contributed by atoms with Gasteiger partial charge in [0, 0.05) is 31.2 Å². The van der Waals surface area contributed by atoms with Crippen LogP contribution in [0.25, 0.3) is 11.0 Å². The number of carbonyl (C=O) groups is 1. The van der Waals surface area contributed by atoms with Gasteiger partial charge in [-0.2, -0.15) is 8.42 Å². The van der Waals surface area contributed by atoms with Crippen molar-refractivity contribution in [3.05, 3.63) is 33.9 Å². The van der Waals surface area contributed by atoms with E-state index in [1.807, 2.05) is 0 Å². The highest BCUT2D eigenvalue weighted by Crippen LogP contribution is 2.37. The van der Waals surface area contributed by atoms with Gasteiger partial charge in [-0.1, -0.05) is 5.16 Å². The zero-order valence-corrected chi connectivity index (χ0v) is 18.7. The third kappa shape index (κ3) is 5.64. The second-order valence-electron chi connectivity index (χ2n) is 7.79. The third-order valence-electron chi connectivity index (χ3n) is 5.17. The van der Waals surface area contributed by atoms with Gasteiger partial charge in [-0.3, -0.25) is 9.35 Å². The van der Waals surface area contributed by atoms with Crippen LogP contribution in [-0.4, -0.2) is 72.3 Å². The Morgan fingerprint density at radius 3 is 2.58 bits per heavy atom. The first-order valence-corrected chi connectivity index (χ1v) is 11.8. The highest BCUT2D eigenvalue weighted by atomic mass is 32.2. The number of rotatable bonds is 5. The zero-order valence-electron chi connectivity index (χ0n) is 17.9. The fraction of sp³-hybridized carbons (Fsp3) is 0.474. The van der Waals surface area contributed by atoms with E-state index >= 15 is 0 Å². The summed E-state index contributed by atoms with van der Waals surface area (Å²) < 4.78 is 42.4. The van der Waals surface area contributed by atoms with Crippen LogP contribution in [0, 0.1) is 11.7 Å². The molecule has 0 bridgehead atoms. The lowest BCUT2D eigenvalue weighted by Crippen LogP contribution is -2.26. The number of oxime groups is 1. The van der Waals surface area contributed by atoms with E-state index in [1.54, 1.807) is 9.47 Å². The Balaban J connectivity index is 0.000000555. The van der Waals surface area contributed by atoms with Crippen LogP contribution in [0.4, 0.5) is 10.2 Å². The van der Waals surface area contributed by atoms with Gasteiger partial charge in [0.25, 0.3) is 10.1 Å². The van der Waals surface area contributed by atoms with Crippen molar-refractivity contribution in [3.8, 4) is 0 Å². The predicted octanol–water partition coefficient (Wildman–Crippen LogP) is 0.470. The number of halogens is 1. The molecule has 2 aliphatic rings. The average molecular weight is 485 g/mol. The number of carboxylic acid groups (broad SMARTS) is 1. The molecule has 4 rings (SSSR count). The minimum Gasteiger partial charge on any atom is -0.477 e. The van der Waals surface area contributed by atoms with Crippen molar-refractivity contribution < 1.29 is 32.1 Å². The van der Waals surface area contributed by atoms with Crippen molar-refractivity contribution in [2.75, 3.05) is 37.9 Å². The van der Waals surface area contributed by atoms with Crippen LogP contribution in [0.3, 0.4) is 0 Å². The van der Waals surface area contributed by atoms with E-state index < -0.39 is 27.3 Å². The molecule has 1 aliphatic carbocycles. The van der Waals surface area contributed by atoms with Gasteiger partial charge in [0.1, 0.15) is 18.3 Å². The van der Waals surface area contributed by atoms with Crippen LogP contribution in [-0.2, 0) is 15.0 Å². The van der Waals surface area contributed by atoms with Crippen molar-refractivity contribution >= 4 is 38.7 Å². The summed E-state index contributed by atoms with van der Waals surface area (Å²) in [6.07, 6.45) is 3.74. The van der Waals surface area contributed by atoms with Gasteiger partial charge in [-0.15, -0.1) is 0 Å². The molecule has 0 unspecified atom stereocenters. The summed E-state index contributed by atoms with van der Waals surface area (Å²) >= 11 is 0. The van der Waals surface area contributed by atoms with E-state index in [-0.39, 0.29) is 34.4 Å². The Morgan fingerprint density at radius 1 is 1.42 bits per heavy atom. The van der Waals surface area contributed by atoms with Crippen molar-refractivity contribution in [3.63, 3.8) is 0 Å². The molecular weight excluding hydrogens is 461 g/mol. The Kier molecular flexibility index (Phi) is 7.00. The van der Waals surface area contributed by atoms with Crippen molar-refractivity contribution in [1.29, 1.82) is 0 Å². The molecule has 2 aromatic rings. The summed E-state index contributed by atoms with van der Waals surface area (Å²) in [5.41, 5.74) is 5.65. The lowest BCUT2D eigenvalue weighted by atomic mass is 10.1. The maximum absolute atomic E-state index is 14.9. The number of nitrogens with two attached hydrogens (primary N) is 1. The van der Waals surface area contributed by atoms with E-state index in [1.165, 1.54) is 13.3 Å². The molecule has 1 saturated heterocycles. The SMILES string of the molecule is CON=C1CN(c2nc3c(cc2F)c(=O)c(C(=O)O)cn3C2CC2)C[C@@H]1CN.CS(=O)(=O)O. The average Bonchev–Trinajstić information content (AvgIpc) is 3.47. The molecule has 33 heavy (non-hydrogen) atoms. The molecule has 180 valence electrons. The topological polar surface area (TPSA) is 177 Å². The summed E-state index contributed by atoms with van der Waals surface area (Å²) in [5.74, 6) is -2.03. The smallest absolute Gasteiger partial charge is 0.341 e. The number of carboxylic acids is 1. The monoisotopic (exact) mass is 485 g/mol. The van der Waals surface area contributed by atoms with Crippen LogP contribution in [0.5, 0.6) is 0 Å². The Bertz CT molecular complexity index is 1270. The minimum atomic E-state index is -3.67. The lowest BCUT2D eigenvalue weighted by Gasteiger charge is -2.19. The van der Waals surface area contributed by atoms with Gasteiger partial charge in [-0.25, -0.2) is 14.2 Å². The van der Waals surface area contributed by atoms with Gasteiger partial charge >= 0.3 is 5.97 Å². The Hall–Kier alpha value is -3.10. The summed E-state index contributed by atoms with van der Waals surface area (Å²) in [5, 5.41) is 13.2. The van der Waals surface area contributed by atoms with Crippen molar-refractivity contribution in [2.45, 2.75) is 18.9 Å². The summed E-state index contributed by atoms with van der Waals surface area (Å²) in [6, 6.07) is 1.14. The first kappa shape index (κ1) is 24.5. The number of anilines is 1. The number of hydrogen-bond acceptors (Lipinski definition) is 9. The molecule has 1 saturated carbocycles. The Labute approximate surface area is 188 Å². The quantitative estimate of drug-likeness (QED) is 0.398. The first-order chi connectivity index (χ1) is 15.4. The van der Waals surface area contributed by atoms with Gasteiger partial charge < -0.3 is 25.1 Å². The van der Waals surface area contributed by atoms with Gasteiger partial charge in [0.05, 0.1) is 23.9 Å². The molecular formula is C19H24FN5O7S. The minimum absolute atomic E-state index is 0.0339. The standard InChI is InChI=1S/C18H20FN5O4.CH4O3S/c1-28-22-14-8-23(6-9(14)5-20)17-13(19)4-11-15(25)12(18(26)27)7-24(10-2-3-10)16(11)21-17;1-5(2,3)4/h4,7,9-10H,2-3,5-6,8,20H2,1H3,(H,26,27);1H3,(H,2,3,4)/t9-;/m0./s1. The largest absolute Gasteiger partial charge is 0.477 e. The summed E-state index contributed by atoms with van der Waals surface area (Å²) in [7, 11) is -2.23. The number of pyridine rings is 2. The van der Waals surface area contributed by atoms with Crippen LogP contribution >= 0.6 is 0 Å². The molecule has 0 aromatic carbocycles. The number of aromatic nitrogens is 2. The molecule has 2 fully saturated rings. The maximum Gasteiger partial charge on any atom is 0.341 e. The summed E-state index contributed by atoms with van der Waals surface area (Å²) in [4.78, 5) is 34.9. The second-order valence-corrected chi connectivity index (χ2v) is 9.26. The molecule has 1 aliphatic heterocycles. The first-order valence-electron chi connectivity index (χ1n) is 9.90. The van der Waals surface area contributed by atoms with E-state index in [0.29, 0.717) is 31.6 Å². The maximum atomic E-state index is 14.9. The van der Waals surface area contributed by atoms with Gasteiger partial charge in [0.2, 0.25) is 5.43 Å². The molecule has 14 heteroatoms. The molecule has 0 amide bonds. The van der Waals surface area contributed by atoms with E-state index in [2.05, 4.69) is 10.1 Å². The highest BCUT2D eigenvalue weighted by Gasteiger charge is 2.33. The molecule has 12 nitrogen and oxygen atoms in total. The normalized spacial score (nSPS) is 19.5. The molecule has 0 spiro atoms. The lowest BCUT2D eigenvalue weighted by molar-refractivity contribution is 0.0694. The van der Waals surface area contributed by atoms with Gasteiger partial charge in [0.15, 0.2) is 11.6 Å². The van der Waals surface area contributed by atoms with Gasteiger partial charge in [-0.05, 0) is 18.9 Å². The fourth-order valence-corrected chi connectivity index (χ4v) is 3.60. The van der Waals surface area contributed by atoms with Crippen LogP contribution in [0.2, 0.25) is 0 Å². The van der Waals surface area contributed by atoms with Crippen molar-refractivity contribution in [2.24, 2.45) is 16.8 Å². The number of nitrogens with zero attached hydrogens (tertiary/aromatic N) is 4. The number of hydrogen-bond donors (Lipinski definition) is 3. The van der Waals surface area contributed by atoms with E-state index in [0.717, 1.165) is 18.9 Å². The van der Waals surface area contributed by atoms with E-state index in [9.17, 15) is 27.5 Å². The predicted molar refractivity (Wildman–Crippen MR) is 118 cm³/mol. The molecule has 1 atom stereocenters. The zero-order chi connectivity index (χ0) is 24.5. The third-order valence-corrected chi connectivity index (χ3v) is 5.17. The molecule has 0 radical (unpaired) electrons. The van der Waals surface area contributed by atoms with Crippen LogP contribution in [0.15, 0.2) is 22.2 Å². The Morgan fingerprint density at radius 2 is 2.06 bits per heavy atom. The van der Waals surface area contributed by atoms with E-state index in [4.69, 9.17) is 15.1 Å². The van der Waals surface area contributed by atoms with Crippen LogP contribution < -0.4 is 16.1 Å². The highest BCUT2D eigenvalue weighted by molar-refractivity contribution is 7.85. The number of aromatic carboxylic acids is 1. The number of fused-ring (bicyclic) bond motifs is 1.